The molecule has 3 aromatic rings. The van der Waals surface area contributed by atoms with Crippen LogP contribution in [-0.2, 0) is 11.3 Å². The van der Waals surface area contributed by atoms with Gasteiger partial charge in [-0.15, -0.1) is 0 Å². The quantitative estimate of drug-likeness (QED) is 0.552. The third-order valence-corrected chi connectivity index (χ3v) is 6.50. The number of rotatable bonds is 5. The van der Waals surface area contributed by atoms with Gasteiger partial charge in [-0.3, -0.25) is 14.0 Å². The zero-order chi connectivity index (χ0) is 22.1. The highest BCUT2D eigenvalue weighted by atomic mass is 79.9. The third kappa shape index (κ3) is 4.42. The fraction of sp³-hybridized carbons (Fsp3) is 0.238. The lowest BCUT2D eigenvalue weighted by molar-refractivity contribution is -0.119. The number of aromatic nitrogens is 2. The van der Waals surface area contributed by atoms with Gasteiger partial charge >= 0.3 is 6.09 Å². The van der Waals surface area contributed by atoms with Crippen LogP contribution < -0.4 is 10.9 Å². The number of carbonyl (C=O) groups is 2. The molecule has 0 radical (unpaired) electrons. The van der Waals surface area contributed by atoms with Crippen LogP contribution in [0.2, 0.25) is 5.02 Å². The van der Waals surface area contributed by atoms with Gasteiger partial charge in [0.15, 0.2) is 0 Å². The van der Waals surface area contributed by atoms with Crippen LogP contribution in [0.5, 0.6) is 0 Å². The van der Waals surface area contributed by atoms with E-state index in [2.05, 4.69) is 26.2 Å². The number of carbonyl (C=O) groups excluding carboxylic acids is 1. The van der Waals surface area contributed by atoms with Gasteiger partial charge in [-0.1, -0.05) is 23.7 Å². The maximum atomic E-state index is 12.9. The first-order valence-corrected chi connectivity index (χ1v) is 10.7. The summed E-state index contributed by atoms with van der Waals surface area (Å²) >= 11 is 9.78. The smallest absolute Gasteiger partial charge is 0.407 e. The SMILES string of the molecule is O=C1CCC(CN(Cc2cnc3cc(-c4cccc(Br)c4Cl)ccn3c2=O)C(=O)O)N1. The summed E-state index contributed by atoms with van der Waals surface area (Å²) in [6.45, 7) is -0.000766. The van der Waals surface area contributed by atoms with Gasteiger partial charge < -0.3 is 15.3 Å². The van der Waals surface area contributed by atoms with E-state index < -0.39 is 6.09 Å². The van der Waals surface area contributed by atoms with E-state index in [0.29, 0.717) is 23.5 Å². The van der Waals surface area contributed by atoms with E-state index in [-0.39, 0.29) is 36.2 Å². The Morgan fingerprint density at radius 3 is 2.87 bits per heavy atom. The monoisotopic (exact) mass is 504 g/mol. The van der Waals surface area contributed by atoms with Crippen molar-refractivity contribution in [2.75, 3.05) is 6.54 Å². The van der Waals surface area contributed by atoms with Crippen molar-refractivity contribution in [2.45, 2.75) is 25.4 Å². The summed E-state index contributed by atoms with van der Waals surface area (Å²) in [5, 5.41) is 12.8. The summed E-state index contributed by atoms with van der Waals surface area (Å²) in [7, 11) is 0. The molecule has 4 rings (SSSR count). The molecule has 1 unspecified atom stereocenters. The standard InChI is InChI=1S/C21H18BrClN4O4/c22-16-3-1-2-15(19(16)23)12-6-7-27-17(8-12)24-9-13(20(27)29)10-26(21(30)31)11-14-4-5-18(28)25-14/h1-3,6-9,14H,4-5,10-11H2,(H,25,28)(H,30,31). The van der Waals surface area contributed by atoms with Gasteiger partial charge in [0.1, 0.15) is 5.65 Å². The average Bonchev–Trinajstić information content (AvgIpc) is 3.15. The fourth-order valence-electron chi connectivity index (χ4n) is 3.61. The summed E-state index contributed by atoms with van der Waals surface area (Å²) in [5.74, 6) is -0.0934. The number of nitrogens with one attached hydrogen (secondary N) is 1. The lowest BCUT2D eigenvalue weighted by Crippen LogP contribution is -2.42. The number of halogens is 2. The maximum absolute atomic E-state index is 12.9. The van der Waals surface area contributed by atoms with Gasteiger partial charge in [0.05, 0.1) is 17.1 Å². The predicted molar refractivity (Wildman–Crippen MR) is 119 cm³/mol. The molecule has 1 aromatic carbocycles. The van der Waals surface area contributed by atoms with Crippen LogP contribution in [0.15, 0.2) is 52.0 Å². The lowest BCUT2D eigenvalue weighted by atomic mass is 10.1. The molecule has 0 aliphatic carbocycles. The second-order valence-corrected chi connectivity index (χ2v) is 8.53. The topological polar surface area (TPSA) is 104 Å². The molecule has 10 heteroatoms. The molecule has 2 amide bonds. The number of fused-ring (bicyclic) bond motifs is 1. The average molecular weight is 506 g/mol. The van der Waals surface area contributed by atoms with Gasteiger partial charge in [-0.05, 0) is 46.1 Å². The van der Waals surface area contributed by atoms with E-state index >= 15 is 0 Å². The fourth-order valence-corrected chi connectivity index (χ4v) is 4.21. The van der Waals surface area contributed by atoms with Crippen molar-refractivity contribution in [3.05, 3.63) is 68.1 Å². The molecule has 1 aliphatic heterocycles. The molecule has 160 valence electrons. The second kappa shape index (κ2) is 8.68. The molecule has 2 aromatic heterocycles. The Labute approximate surface area is 190 Å². The van der Waals surface area contributed by atoms with Crippen molar-refractivity contribution >= 4 is 45.2 Å². The van der Waals surface area contributed by atoms with E-state index in [0.717, 1.165) is 20.5 Å². The first kappa shape index (κ1) is 21.3. The zero-order valence-corrected chi connectivity index (χ0v) is 18.6. The van der Waals surface area contributed by atoms with Gasteiger partial charge in [0, 0.05) is 41.4 Å². The molecule has 0 bridgehead atoms. The summed E-state index contributed by atoms with van der Waals surface area (Å²) in [4.78, 5) is 41.5. The van der Waals surface area contributed by atoms with Gasteiger partial charge in [-0.25, -0.2) is 9.78 Å². The van der Waals surface area contributed by atoms with Crippen molar-refractivity contribution in [2.24, 2.45) is 0 Å². The number of carboxylic acid groups (broad SMARTS) is 1. The largest absolute Gasteiger partial charge is 0.465 e. The Balaban J connectivity index is 1.63. The van der Waals surface area contributed by atoms with Crippen LogP contribution >= 0.6 is 27.5 Å². The Morgan fingerprint density at radius 1 is 1.35 bits per heavy atom. The van der Waals surface area contributed by atoms with E-state index in [9.17, 15) is 19.5 Å². The highest BCUT2D eigenvalue weighted by molar-refractivity contribution is 9.10. The van der Waals surface area contributed by atoms with E-state index in [1.165, 1.54) is 10.6 Å². The lowest BCUT2D eigenvalue weighted by Gasteiger charge is -2.22. The van der Waals surface area contributed by atoms with Gasteiger partial charge in [0.2, 0.25) is 5.91 Å². The molecule has 0 spiro atoms. The van der Waals surface area contributed by atoms with Crippen LogP contribution in [-0.4, -0.2) is 44.0 Å². The molecule has 31 heavy (non-hydrogen) atoms. The number of amides is 2. The molecule has 3 heterocycles. The summed E-state index contributed by atoms with van der Waals surface area (Å²) in [6.07, 6.45) is 2.78. The second-order valence-electron chi connectivity index (χ2n) is 7.30. The Bertz CT molecular complexity index is 1250. The molecule has 1 saturated heterocycles. The van der Waals surface area contributed by atoms with Crippen molar-refractivity contribution < 1.29 is 14.7 Å². The van der Waals surface area contributed by atoms with Gasteiger partial charge in [-0.2, -0.15) is 0 Å². The highest BCUT2D eigenvalue weighted by Crippen LogP contribution is 2.33. The number of nitrogens with zero attached hydrogens (tertiary/aromatic N) is 3. The molecular weight excluding hydrogens is 488 g/mol. The van der Waals surface area contributed by atoms with Crippen LogP contribution in [0.1, 0.15) is 18.4 Å². The molecule has 8 nitrogen and oxygen atoms in total. The number of hydrogen-bond acceptors (Lipinski definition) is 4. The van der Waals surface area contributed by atoms with Gasteiger partial charge in [0.25, 0.3) is 5.56 Å². The van der Waals surface area contributed by atoms with Crippen molar-refractivity contribution in [3.63, 3.8) is 0 Å². The van der Waals surface area contributed by atoms with Crippen molar-refractivity contribution in [1.82, 2.24) is 19.6 Å². The maximum Gasteiger partial charge on any atom is 0.407 e. The minimum absolute atomic E-state index is 0.0934. The number of hydrogen-bond donors (Lipinski definition) is 2. The van der Waals surface area contributed by atoms with E-state index in [4.69, 9.17) is 11.6 Å². The van der Waals surface area contributed by atoms with E-state index in [1.54, 1.807) is 18.3 Å². The molecule has 1 aliphatic rings. The molecular formula is C21H18BrClN4O4. The summed E-state index contributed by atoms with van der Waals surface area (Å²) in [5.41, 5.74) is 1.92. The Kier molecular flexibility index (Phi) is 5.97. The van der Waals surface area contributed by atoms with Crippen molar-refractivity contribution in [3.8, 4) is 11.1 Å². The minimum atomic E-state index is -1.16. The van der Waals surface area contributed by atoms with Crippen LogP contribution in [0.3, 0.4) is 0 Å². The van der Waals surface area contributed by atoms with Crippen LogP contribution in [0.25, 0.3) is 16.8 Å². The molecule has 1 atom stereocenters. The predicted octanol–water partition coefficient (Wildman–Crippen LogP) is 3.54. The highest BCUT2D eigenvalue weighted by Gasteiger charge is 2.26. The first-order valence-electron chi connectivity index (χ1n) is 9.55. The third-order valence-electron chi connectivity index (χ3n) is 5.20. The van der Waals surface area contributed by atoms with Crippen molar-refractivity contribution in [1.29, 1.82) is 0 Å². The molecule has 1 fully saturated rings. The Hall–Kier alpha value is -2.91. The number of benzene rings is 1. The minimum Gasteiger partial charge on any atom is -0.465 e. The van der Waals surface area contributed by atoms with Crippen LogP contribution in [0.4, 0.5) is 4.79 Å². The molecule has 0 saturated carbocycles. The number of pyridine rings is 1. The van der Waals surface area contributed by atoms with E-state index in [1.807, 2.05) is 18.2 Å². The Morgan fingerprint density at radius 2 is 2.16 bits per heavy atom. The first-order chi connectivity index (χ1) is 14.8. The zero-order valence-electron chi connectivity index (χ0n) is 16.2. The normalized spacial score (nSPS) is 15.8. The summed E-state index contributed by atoms with van der Waals surface area (Å²) < 4.78 is 2.14. The summed E-state index contributed by atoms with van der Waals surface area (Å²) in [6, 6.07) is 8.84. The molecule has 2 N–H and O–H groups in total. The van der Waals surface area contributed by atoms with Crippen LogP contribution in [0, 0.1) is 0 Å².